The number of hydrogen-bond donors (Lipinski definition) is 0. The maximum atomic E-state index is 12.7. The first-order chi connectivity index (χ1) is 15.9. The van der Waals surface area contributed by atoms with Crippen molar-refractivity contribution in [3.05, 3.63) is 105 Å². The minimum Gasteiger partial charge on any atom is -0.489 e. The lowest BCUT2D eigenvalue weighted by Gasteiger charge is -2.11. The molecule has 0 atom stereocenters. The van der Waals surface area contributed by atoms with Crippen molar-refractivity contribution in [3.8, 4) is 5.75 Å². The Labute approximate surface area is 201 Å². The molecule has 0 aliphatic carbocycles. The predicted octanol–water partition coefficient (Wildman–Crippen LogP) is 6.15. The third-order valence-electron chi connectivity index (χ3n) is 5.01. The Bertz CT molecular complexity index is 1240. The summed E-state index contributed by atoms with van der Waals surface area (Å²) in [4.78, 5) is 38.7. The van der Waals surface area contributed by atoms with Crippen LogP contribution in [0.5, 0.6) is 5.75 Å². The van der Waals surface area contributed by atoms with E-state index in [4.69, 9.17) is 16.3 Å². The van der Waals surface area contributed by atoms with E-state index in [-0.39, 0.29) is 17.2 Å². The molecule has 1 fully saturated rings. The number of rotatable bonds is 7. The molecule has 0 bridgehead atoms. The van der Waals surface area contributed by atoms with Crippen LogP contribution in [0.1, 0.15) is 27.0 Å². The van der Waals surface area contributed by atoms with Crippen LogP contribution < -0.4 is 4.74 Å². The Morgan fingerprint density at radius 2 is 1.76 bits per heavy atom. The third kappa shape index (κ3) is 5.72. The number of carbonyl (C=O) groups excluding carboxylic acids is 3. The fraction of sp³-hybridized carbons (Fsp3) is 0.115. The molecule has 0 N–H and O–H groups in total. The van der Waals surface area contributed by atoms with Crippen LogP contribution in [0.25, 0.3) is 6.08 Å². The van der Waals surface area contributed by atoms with Gasteiger partial charge in [-0.05, 0) is 72.3 Å². The minimum absolute atomic E-state index is 0.275. The molecule has 0 unspecified atom stereocenters. The molecule has 33 heavy (non-hydrogen) atoms. The lowest BCUT2D eigenvalue weighted by atomic mass is 10.1. The fourth-order valence-corrected chi connectivity index (χ4v) is 4.25. The molecule has 5 nitrogen and oxygen atoms in total. The van der Waals surface area contributed by atoms with Gasteiger partial charge in [-0.15, -0.1) is 0 Å². The summed E-state index contributed by atoms with van der Waals surface area (Å²) in [6, 6.07) is 21.7. The number of thioether (sulfide) groups is 1. The average Bonchev–Trinajstić information content (AvgIpc) is 3.06. The topological polar surface area (TPSA) is 63.7 Å². The zero-order valence-electron chi connectivity index (χ0n) is 17.8. The molecule has 1 aliphatic rings. The van der Waals surface area contributed by atoms with Crippen molar-refractivity contribution in [2.75, 3.05) is 6.54 Å². The van der Waals surface area contributed by atoms with Gasteiger partial charge in [0.15, 0.2) is 5.78 Å². The average molecular weight is 478 g/mol. The summed E-state index contributed by atoms with van der Waals surface area (Å²) in [6.07, 6.45) is 1.64. The highest BCUT2D eigenvalue weighted by Gasteiger charge is 2.36. The SMILES string of the molecule is Cc1cccc(COc2ccc(/C=C3/SC(=O)N(CC(=O)c4ccc(Cl)cc4)C3=O)cc2)c1. The largest absolute Gasteiger partial charge is 0.489 e. The monoisotopic (exact) mass is 477 g/mol. The Morgan fingerprint density at radius 1 is 1.03 bits per heavy atom. The Hall–Kier alpha value is -3.35. The van der Waals surface area contributed by atoms with E-state index in [9.17, 15) is 14.4 Å². The quantitative estimate of drug-likeness (QED) is 0.302. The van der Waals surface area contributed by atoms with Gasteiger partial charge in [-0.25, -0.2) is 0 Å². The number of halogens is 1. The van der Waals surface area contributed by atoms with Crippen molar-refractivity contribution in [2.45, 2.75) is 13.5 Å². The van der Waals surface area contributed by atoms with E-state index >= 15 is 0 Å². The van der Waals surface area contributed by atoms with Gasteiger partial charge in [0.25, 0.3) is 11.1 Å². The van der Waals surface area contributed by atoms with Gasteiger partial charge in [0.05, 0.1) is 11.4 Å². The van der Waals surface area contributed by atoms with Crippen LogP contribution in [0.4, 0.5) is 4.79 Å². The number of hydrogen-bond acceptors (Lipinski definition) is 5. The van der Waals surface area contributed by atoms with Crippen LogP contribution in [0, 0.1) is 6.92 Å². The van der Waals surface area contributed by atoms with E-state index in [1.54, 1.807) is 30.3 Å². The molecule has 4 rings (SSSR count). The molecule has 0 radical (unpaired) electrons. The minimum atomic E-state index is -0.480. The van der Waals surface area contributed by atoms with Crippen molar-refractivity contribution < 1.29 is 19.1 Å². The van der Waals surface area contributed by atoms with Crippen molar-refractivity contribution in [2.24, 2.45) is 0 Å². The van der Waals surface area contributed by atoms with Crippen LogP contribution in [0.15, 0.2) is 77.7 Å². The highest BCUT2D eigenvalue weighted by molar-refractivity contribution is 8.18. The van der Waals surface area contributed by atoms with Gasteiger partial charge in [-0.3, -0.25) is 19.3 Å². The molecule has 1 aliphatic heterocycles. The smallest absolute Gasteiger partial charge is 0.293 e. The number of ketones is 1. The number of imide groups is 1. The highest BCUT2D eigenvalue weighted by atomic mass is 35.5. The third-order valence-corrected chi connectivity index (χ3v) is 6.17. The molecular formula is C26H20ClNO4S. The lowest BCUT2D eigenvalue weighted by Crippen LogP contribution is -2.33. The van der Waals surface area contributed by atoms with Crippen LogP contribution >= 0.6 is 23.4 Å². The lowest BCUT2D eigenvalue weighted by molar-refractivity contribution is -0.122. The summed E-state index contributed by atoms with van der Waals surface area (Å²) in [6.45, 7) is 2.19. The maximum Gasteiger partial charge on any atom is 0.293 e. The second kappa shape index (κ2) is 10.1. The highest BCUT2D eigenvalue weighted by Crippen LogP contribution is 2.32. The normalized spacial score (nSPS) is 14.7. The number of aryl methyl sites for hydroxylation is 1. The predicted molar refractivity (Wildman–Crippen MR) is 130 cm³/mol. The first kappa shape index (κ1) is 22.8. The first-order valence-corrected chi connectivity index (χ1v) is 11.4. The number of ether oxygens (including phenoxy) is 1. The molecule has 3 aromatic rings. The van der Waals surface area contributed by atoms with Gasteiger partial charge < -0.3 is 4.74 Å². The van der Waals surface area contributed by atoms with Gasteiger partial charge in [-0.2, -0.15) is 0 Å². The summed E-state index contributed by atoms with van der Waals surface area (Å²) in [5.41, 5.74) is 3.41. The summed E-state index contributed by atoms with van der Waals surface area (Å²) < 4.78 is 5.82. The van der Waals surface area contributed by atoms with E-state index in [2.05, 4.69) is 6.07 Å². The Balaban J connectivity index is 1.39. The van der Waals surface area contributed by atoms with Crippen LogP contribution in [-0.4, -0.2) is 28.4 Å². The standard InChI is InChI=1S/C26H20ClNO4S/c1-17-3-2-4-19(13-17)16-32-22-11-5-18(6-12-22)14-24-25(30)28(26(31)33-24)15-23(29)20-7-9-21(27)10-8-20/h2-14H,15-16H2,1H3/b24-14+. The van der Waals surface area contributed by atoms with Gasteiger partial charge >= 0.3 is 0 Å². The molecule has 2 amide bonds. The van der Waals surface area contributed by atoms with E-state index in [1.165, 1.54) is 5.56 Å². The maximum absolute atomic E-state index is 12.7. The van der Waals surface area contributed by atoms with Gasteiger partial charge in [0, 0.05) is 10.6 Å². The second-order valence-corrected chi connectivity index (χ2v) is 8.97. The van der Waals surface area contributed by atoms with Crippen LogP contribution in [-0.2, 0) is 11.4 Å². The Kier molecular flexibility index (Phi) is 6.96. The van der Waals surface area contributed by atoms with Crippen LogP contribution in [0.2, 0.25) is 5.02 Å². The summed E-state index contributed by atoms with van der Waals surface area (Å²) in [5.74, 6) is -0.104. The van der Waals surface area contributed by atoms with E-state index < -0.39 is 11.1 Å². The number of benzene rings is 3. The Morgan fingerprint density at radius 3 is 2.45 bits per heavy atom. The molecule has 0 aromatic heterocycles. The summed E-state index contributed by atoms with van der Waals surface area (Å²) in [7, 11) is 0. The van der Waals surface area contributed by atoms with E-state index in [0.29, 0.717) is 22.9 Å². The molecule has 166 valence electrons. The molecule has 0 saturated carbocycles. The van der Waals surface area contributed by atoms with Crippen molar-refractivity contribution >= 4 is 46.4 Å². The molecule has 1 saturated heterocycles. The number of amides is 2. The number of carbonyl (C=O) groups is 3. The first-order valence-electron chi connectivity index (χ1n) is 10.2. The summed E-state index contributed by atoms with van der Waals surface area (Å²) in [5, 5.41) is 0.0407. The number of nitrogens with zero attached hydrogens (tertiary/aromatic N) is 1. The van der Waals surface area contributed by atoms with Crippen LogP contribution in [0.3, 0.4) is 0 Å². The van der Waals surface area contributed by atoms with Crippen molar-refractivity contribution in [1.82, 2.24) is 4.90 Å². The van der Waals surface area contributed by atoms with Gasteiger partial charge in [0.1, 0.15) is 12.4 Å². The molecular weight excluding hydrogens is 458 g/mol. The van der Waals surface area contributed by atoms with Gasteiger partial charge in [-0.1, -0.05) is 53.6 Å². The van der Waals surface area contributed by atoms with Crippen molar-refractivity contribution in [3.63, 3.8) is 0 Å². The molecule has 0 spiro atoms. The summed E-state index contributed by atoms with van der Waals surface area (Å²) >= 11 is 6.66. The van der Waals surface area contributed by atoms with E-state index in [1.807, 2.05) is 49.4 Å². The van der Waals surface area contributed by atoms with Gasteiger partial charge in [0.2, 0.25) is 0 Å². The molecule has 7 heteroatoms. The van der Waals surface area contributed by atoms with E-state index in [0.717, 1.165) is 27.8 Å². The zero-order chi connectivity index (χ0) is 23.4. The molecule has 1 heterocycles. The fourth-order valence-electron chi connectivity index (χ4n) is 3.29. The zero-order valence-corrected chi connectivity index (χ0v) is 19.4. The molecule has 3 aromatic carbocycles. The van der Waals surface area contributed by atoms with Crippen molar-refractivity contribution in [1.29, 1.82) is 0 Å². The second-order valence-electron chi connectivity index (χ2n) is 7.54. The number of Topliss-reactive ketones (excluding diaryl/α,β-unsaturated/α-hetero) is 1.